The maximum atomic E-state index is 9.39. The van der Waals surface area contributed by atoms with Gasteiger partial charge in [-0.3, -0.25) is 0 Å². The Kier molecular flexibility index (Phi) is 4.29. The van der Waals surface area contributed by atoms with Crippen LogP contribution in [0.4, 0.5) is 5.69 Å². The Morgan fingerprint density at radius 3 is 2.53 bits per heavy atom. The highest BCUT2D eigenvalue weighted by atomic mass is 32.2. The lowest BCUT2D eigenvalue weighted by Gasteiger charge is -2.15. The van der Waals surface area contributed by atoms with Crippen LogP contribution in [-0.2, 0) is 0 Å². The maximum Gasteiger partial charge on any atom is 0.120 e. The molecule has 3 N–H and O–H groups in total. The predicted octanol–water partition coefficient (Wildman–Crippen LogP) is 2.14. The third-order valence-corrected chi connectivity index (χ3v) is 3.60. The standard InChI is InChI=1S/C11H17NO2S/c1-7(13)8(2)15-11-5-4-9(14-3)6-10(11)12/h4-8,13H,12H2,1-3H3. The van der Waals surface area contributed by atoms with Gasteiger partial charge in [-0.05, 0) is 19.1 Å². The smallest absolute Gasteiger partial charge is 0.120 e. The summed E-state index contributed by atoms with van der Waals surface area (Å²) in [6.45, 7) is 3.75. The second-order valence-electron chi connectivity index (χ2n) is 3.47. The van der Waals surface area contributed by atoms with Crippen LogP contribution in [0.1, 0.15) is 13.8 Å². The molecule has 1 aromatic carbocycles. The van der Waals surface area contributed by atoms with Crippen molar-refractivity contribution in [2.24, 2.45) is 0 Å². The van der Waals surface area contributed by atoms with Crippen molar-refractivity contribution in [2.45, 2.75) is 30.1 Å². The summed E-state index contributed by atoms with van der Waals surface area (Å²) in [4.78, 5) is 0.976. The van der Waals surface area contributed by atoms with Gasteiger partial charge in [0.15, 0.2) is 0 Å². The Bertz CT molecular complexity index is 328. The molecular formula is C11H17NO2S. The molecule has 3 nitrogen and oxygen atoms in total. The molecule has 2 unspecified atom stereocenters. The number of aliphatic hydroxyl groups is 1. The normalized spacial score (nSPS) is 14.7. The van der Waals surface area contributed by atoms with Gasteiger partial charge in [-0.2, -0.15) is 0 Å². The van der Waals surface area contributed by atoms with E-state index >= 15 is 0 Å². The maximum absolute atomic E-state index is 9.39. The number of anilines is 1. The highest BCUT2D eigenvalue weighted by Crippen LogP contribution is 2.32. The van der Waals surface area contributed by atoms with Crippen molar-refractivity contribution in [1.29, 1.82) is 0 Å². The third kappa shape index (κ3) is 3.32. The van der Waals surface area contributed by atoms with Crippen molar-refractivity contribution in [3.05, 3.63) is 18.2 Å². The van der Waals surface area contributed by atoms with Crippen molar-refractivity contribution >= 4 is 17.4 Å². The van der Waals surface area contributed by atoms with Crippen molar-refractivity contribution in [3.63, 3.8) is 0 Å². The summed E-state index contributed by atoms with van der Waals surface area (Å²) < 4.78 is 5.06. The van der Waals surface area contributed by atoms with E-state index in [4.69, 9.17) is 10.5 Å². The number of aliphatic hydroxyl groups excluding tert-OH is 1. The molecule has 4 heteroatoms. The fourth-order valence-corrected chi connectivity index (χ4v) is 2.00. The molecule has 0 saturated heterocycles. The first-order valence-electron chi connectivity index (χ1n) is 4.83. The van der Waals surface area contributed by atoms with Crippen molar-refractivity contribution in [2.75, 3.05) is 12.8 Å². The number of hydrogen-bond donors (Lipinski definition) is 2. The molecule has 1 rings (SSSR count). The van der Waals surface area contributed by atoms with E-state index in [2.05, 4.69) is 0 Å². The van der Waals surface area contributed by atoms with E-state index in [0.717, 1.165) is 10.6 Å². The van der Waals surface area contributed by atoms with E-state index in [1.165, 1.54) is 0 Å². The molecule has 0 fully saturated rings. The molecule has 0 aromatic heterocycles. The molecule has 0 aliphatic rings. The first-order chi connectivity index (χ1) is 7.04. The van der Waals surface area contributed by atoms with E-state index in [-0.39, 0.29) is 11.4 Å². The van der Waals surface area contributed by atoms with Gasteiger partial charge >= 0.3 is 0 Å². The first kappa shape index (κ1) is 12.2. The largest absolute Gasteiger partial charge is 0.497 e. The molecule has 0 bridgehead atoms. The Morgan fingerprint density at radius 1 is 1.40 bits per heavy atom. The van der Waals surface area contributed by atoms with Crippen molar-refractivity contribution < 1.29 is 9.84 Å². The van der Waals surface area contributed by atoms with Crippen LogP contribution in [0.25, 0.3) is 0 Å². The Hall–Kier alpha value is -0.870. The van der Waals surface area contributed by atoms with Gasteiger partial charge in [0.05, 0.1) is 13.2 Å². The van der Waals surface area contributed by atoms with E-state index in [1.807, 2.05) is 19.1 Å². The average Bonchev–Trinajstić information content (AvgIpc) is 2.20. The van der Waals surface area contributed by atoms with Crippen LogP contribution in [-0.4, -0.2) is 23.6 Å². The van der Waals surface area contributed by atoms with Gasteiger partial charge in [-0.15, -0.1) is 11.8 Å². The minimum absolute atomic E-state index is 0.126. The van der Waals surface area contributed by atoms with Gasteiger partial charge in [0.2, 0.25) is 0 Å². The number of methoxy groups -OCH3 is 1. The van der Waals surface area contributed by atoms with Crippen LogP contribution in [0, 0.1) is 0 Å². The van der Waals surface area contributed by atoms with E-state index in [1.54, 1.807) is 31.9 Å². The summed E-state index contributed by atoms with van der Waals surface area (Å²) in [6, 6.07) is 5.57. The number of thioether (sulfide) groups is 1. The Labute approximate surface area is 94.6 Å². The zero-order valence-electron chi connectivity index (χ0n) is 9.23. The van der Waals surface area contributed by atoms with Gasteiger partial charge in [-0.1, -0.05) is 6.92 Å². The van der Waals surface area contributed by atoms with Gasteiger partial charge in [0.25, 0.3) is 0 Å². The molecule has 2 atom stereocenters. The molecule has 0 spiro atoms. The van der Waals surface area contributed by atoms with E-state index < -0.39 is 0 Å². The second-order valence-corrected chi connectivity index (χ2v) is 4.89. The number of nitrogens with two attached hydrogens (primary N) is 1. The van der Waals surface area contributed by atoms with Crippen LogP contribution in [0.5, 0.6) is 5.75 Å². The average molecular weight is 227 g/mol. The molecule has 0 amide bonds. The molecule has 0 saturated carbocycles. The fourth-order valence-electron chi connectivity index (χ4n) is 1.06. The lowest BCUT2D eigenvalue weighted by atomic mass is 10.3. The number of hydrogen-bond acceptors (Lipinski definition) is 4. The molecule has 0 aliphatic carbocycles. The lowest BCUT2D eigenvalue weighted by Crippen LogP contribution is -2.15. The zero-order chi connectivity index (χ0) is 11.4. The summed E-state index contributed by atoms with van der Waals surface area (Å²) in [5.74, 6) is 0.751. The molecule has 0 radical (unpaired) electrons. The molecule has 0 aliphatic heterocycles. The van der Waals surface area contributed by atoms with Gasteiger partial charge in [0, 0.05) is 21.9 Å². The van der Waals surface area contributed by atoms with Crippen LogP contribution >= 0.6 is 11.8 Å². The summed E-state index contributed by atoms with van der Waals surface area (Å²) in [5.41, 5.74) is 6.55. The molecule has 84 valence electrons. The van der Waals surface area contributed by atoms with Gasteiger partial charge in [0.1, 0.15) is 5.75 Å². The number of benzene rings is 1. The second kappa shape index (κ2) is 5.28. The monoisotopic (exact) mass is 227 g/mol. The van der Waals surface area contributed by atoms with Crippen LogP contribution in [0.3, 0.4) is 0 Å². The predicted molar refractivity (Wildman–Crippen MR) is 64.4 cm³/mol. The summed E-state index contributed by atoms with van der Waals surface area (Å²) in [5, 5.41) is 9.51. The summed E-state index contributed by atoms with van der Waals surface area (Å²) in [6.07, 6.45) is -0.350. The SMILES string of the molecule is COc1ccc(SC(C)C(C)O)c(N)c1. The van der Waals surface area contributed by atoms with Crippen molar-refractivity contribution in [3.8, 4) is 5.75 Å². The summed E-state index contributed by atoms with van der Waals surface area (Å²) in [7, 11) is 1.61. The van der Waals surface area contributed by atoms with Gasteiger partial charge < -0.3 is 15.6 Å². The van der Waals surface area contributed by atoms with Crippen molar-refractivity contribution in [1.82, 2.24) is 0 Å². The Balaban J connectivity index is 2.78. The van der Waals surface area contributed by atoms with Crippen LogP contribution in [0.2, 0.25) is 0 Å². The number of nitrogen functional groups attached to an aromatic ring is 1. The molecular weight excluding hydrogens is 210 g/mol. The lowest BCUT2D eigenvalue weighted by molar-refractivity contribution is 0.196. The van der Waals surface area contributed by atoms with E-state index in [9.17, 15) is 5.11 Å². The van der Waals surface area contributed by atoms with E-state index in [0.29, 0.717) is 5.69 Å². The minimum Gasteiger partial charge on any atom is -0.497 e. The Morgan fingerprint density at radius 2 is 2.07 bits per heavy atom. The highest BCUT2D eigenvalue weighted by Gasteiger charge is 2.12. The topological polar surface area (TPSA) is 55.5 Å². The highest BCUT2D eigenvalue weighted by molar-refractivity contribution is 8.00. The van der Waals surface area contributed by atoms with Crippen LogP contribution in [0.15, 0.2) is 23.1 Å². The number of ether oxygens (including phenoxy) is 1. The molecule has 15 heavy (non-hydrogen) atoms. The fraction of sp³-hybridized carbons (Fsp3) is 0.455. The minimum atomic E-state index is -0.350. The molecule has 1 aromatic rings. The quantitative estimate of drug-likeness (QED) is 0.611. The zero-order valence-corrected chi connectivity index (χ0v) is 10.0. The summed E-state index contributed by atoms with van der Waals surface area (Å²) >= 11 is 1.57. The first-order valence-corrected chi connectivity index (χ1v) is 5.70. The molecule has 0 heterocycles. The number of rotatable bonds is 4. The third-order valence-electron chi connectivity index (χ3n) is 2.21. The van der Waals surface area contributed by atoms with Gasteiger partial charge in [-0.25, -0.2) is 0 Å². The van der Waals surface area contributed by atoms with Crippen LogP contribution < -0.4 is 10.5 Å².